The third kappa shape index (κ3) is 3.37. The molecular formula is C19H20N4. The van der Waals surface area contributed by atoms with Crippen LogP contribution >= 0.6 is 0 Å². The molecule has 3 aromatic rings. The van der Waals surface area contributed by atoms with Gasteiger partial charge in [0.2, 0.25) is 0 Å². The van der Waals surface area contributed by atoms with Crippen molar-refractivity contribution in [3.05, 3.63) is 66.2 Å². The Morgan fingerprint density at radius 2 is 2.00 bits per heavy atom. The van der Waals surface area contributed by atoms with Crippen molar-refractivity contribution in [1.29, 1.82) is 0 Å². The third-order valence-corrected chi connectivity index (χ3v) is 3.76. The first-order valence-corrected chi connectivity index (χ1v) is 7.87. The lowest BCUT2D eigenvalue weighted by Gasteiger charge is -2.10. The van der Waals surface area contributed by atoms with Crippen LogP contribution in [0.15, 0.2) is 60.0 Å². The molecule has 4 heteroatoms. The Morgan fingerprint density at radius 1 is 1.17 bits per heavy atom. The molecule has 23 heavy (non-hydrogen) atoms. The molecule has 4 nitrogen and oxygen atoms in total. The fourth-order valence-electron chi connectivity index (χ4n) is 2.60. The molecule has 0 aliphatic carbocycles. The maximum absolute atomic E-state index is 4.99. The second-order valence-electron chi connectivity index (χ2n) is 5.45. The molecule has 0 bridgehead atoms. The number of aromatic amines is 1. The number of H-pyrrole nitrogens is 1. The van der Waals surface area contributed by atoms with Crippen LogP contribution in [0.25, 0.3) is 11.1 Å². The van der Waals surface area contributed by atoms with Crippen molar-refractivity contribution in [3.63, 3.8) is 0 Å². The van der Waals surface area contributed by atoms with Gasteiger partial charge in [-0.3, -0.25) is 15.1 Å². The second-order valence-corrected chi connectivity index (χ2v) is 5.45. The topological polar surface area (TPSA) is 53.9 Å². The van der Waals surface area contributed by atoms with Crippen molar-refractivity contribution in [1.82, 2.24) is 15.2 Å². The van der Waals surface area contributed by atoms with Crippen LogP contribution in [0.5, 0.6) is 0 Å². The summed E-state index contributed by atoms with van der Waals surface area (Å²) in [6, 6.07) is 12.3. The number of hydrogen-bond donors (Lipinski definition) is 1. The van der Waals surface area contributed by atoms with Gasteiger partial charge in [0.05, 0.1) is 17.6 Å². The van der Waals surface area contributed by atoms with Crippen molar-refractivity contribution in [2.45, 2.75) is 26.7 Å². The molecule has 0 saturated heterocycles. The molecule has 2 aromatic heterocycles. The van der Waals surface area contributed by atoms with E-state index in [0.717, 1.165) is 46.6 Å². The van der Waals surface area contributed by atoms with Gasteiger partial charge in [-0.1, -0.05) is 43.7 Å². The molecule has 1 aromatic carbocycles. The van der Waals surface area contributed by atoms with Crippen LogP contribution in [0.1, 0.15) is 31.0 Å². The maximum Gasteiger partial charge on any atom is 0.0925 e. The summed E-state index contributed by atoms with van der Waals surface area (Å²) in [6.45, 7) is 4.17. The average molecular weight is 304 g/mol. The Hall–Kier alpha value is -2.75. The van der Waals surface area contributed by atoms with Crippen LogP contribution in [0.3, 0.4) is 0 Å². The lowest BCUT2D eigenvalue weighted by Crippen LogP contribution is -2.00. The quantitative estimate of drug-likeness (QED) is 0.694. The van der Waals surface area contributed by atoms with E-state index in [1.54, 1.807) is 0 Å². The lowest BCUT2D eigenvalue weighted by atomic mass is 10.0. The lowest BCUT2D eigenvalue weighted by molar-refractivity contribution is 0.991. The molecule has 116 valence electrons. The van der Waals surface area contributed by atoms with E-state index in [2.05, 4.69) is 34.2 Å². The summed E-state index contributed by atoms with van der Waals surface area (Å²) in [5, 5.41) is 6.92. The Morgan fingerprint density at radius 3 is 2.70 bits per heavy atom. The summed E-state index contributed by atoms with van der Waals surface area (Å²) >= 11 is 0. The van der Waals surface area contributed by atoms with Crippen molar-refractivity contribution < 1.29 is 0 Å². The van der Waals surface area contributed by atoms with Gasteiger partial charge in [-0.05, 0) is 25.0 Å². The van der Waals surface area contributed by atoms with Crippen LogP contribution in [0.2, 0.25) is 0 Å². The van der Waals surface area contributed by atoms with E-state index in [9.17, 15) is 0 Å². The van der Waals surface area contributed by atoms with Gasteiger partial charge in [0.1, 0.15) is 0 Å². The number of pyridine rings is 1. The first-order valence-electron chi connectivity index (χ1n) is 7.87. The van der Waals surface area contributed by atoms with Crippen LogP contribution < -0.4 is 0 Å². The Labute approximate surface area is 136 Å². The molecule has 0 saturated carbocycles. The molecule has 0 spiro atoms. The number of nitrogens with one attached hydrogen (secondary N) is 1. The Balaban J connectivity index is 2.13. The summed E-state index contributed by atoms with van der Waals surface area (Å²) in [5.41, 5.74) is 6.17. The van der Waals surface area contributed by atoms with E-state index >= 15 is 0 Å². The minimum atomic E-state index is 0.918. The number of aromatic nitrogens is 3. The number of nitrogens with zero attached hydrogens (tertiary/aromatic N) is 3. The van der Waals surface area contributed by atoms with Gasteiger partial charge in [0.25, 0.3) is 0 Å². The Bertz CT molecular complexity index is 790. The van der Waals surface area contributed by atoms with Crippen molar-refractivity contribution >= 4 is 11.4 Å². The van der Waals surface area contributed by atoms with Crippen LogP contribution in [0, 0.1) is 6.92 Å². The van der Waals surface area contributed by atoms with Gasteiger partial charge < -0.3 is 0 Å². The zero-order chi connectivity index (χ0) is 16.1. The molecule has 0 atom stereocenters. The highest BCUT2D eigenvalue weighted by Crippen LogP contribution is 2.32. The first-order chi connectivity index (χ1) is 11.3. The van der Waals surface area contributed by atoms with Gasteiger partial charge in [-0.15, -0.1) is 0 Å². The van der Waals surface area contributed by atoms with Crippen molar-refractivity contribution in [2.75, 3.05) is 0 Å². The molecule has 1 N–H and O–H groups in total. The number of benzene rings is 1. The van der Waals surface area contributed by atoms with Crippen molar-refractivity contribution in [2.24, 2.45) is 4.99 Å². The molecule has 0 radical (unpaired) electrons. The predicted molar refractivity (Wildman–Crippen MR) is 94.1 cm³/mol. The van der Waals surface area contributed by atoms with Gasteiger partial charge in [0.15, 0.2) is 0 Å². The standard InChI is InChI=1S/C19H20N4/c1-3-7-18(15-8-5-4-6-9-15)23-19-14(2)20-11-10-17(19)16-12-21-22-13-16/h4-6,8-13H,3,7H2,1-2H3,(H,21,22). The first kappa shape index (κ1) is 15.2. The van der Waals surface area contributed by atoms with Crippen molar-refractivity contribution in [3.8, 4) is 11.1 Å². The zero-order valence-corrected chi connectivity index (χ0v) is 13.5. The summed E-state index contributed by atoms with van der Waals surface area (Å²) in [7, 11) is 0. The number of aliphatic imine (C=N–C) groups is 1. The highest BCUT2D eigenvalue weighted by molar-refractivity contribution is 6.03. The minimum absolute atomic E-state index is 0.918. The van der Waals surface area contributed by atoms with Gasteiger partial charge >= 0.3 is 0 Å². The summed E-state index contributed by atoms with van der Waals surface area (Å²) in [6.07, 6.45) is 7.50. The highest BCUT2D eigenvalue weighted by atomic mass is 15.1. The van der Waals surface area contributed by atoms with Crippen LogP contribution in [-0.4, -0.2) is 20.9 Å². The van der Waals surface area contributed by atoms with E-state index in [0.29, 0.717) is 0 Å². The zero-order valence-electron chi connectivity index (χ0n) is 13.5. The molecule has 3 rings (SSSR count). The molecule has 2 heterocycles. The average Bonchev–Trinajstić information content (AvgIpc) is 3.11. The highest BCUT2D eigenvalue weighted by Gasteiger charge is 2.11. The van der Waals surface area contributed by atoms with Gasteiger partial charge in [-0.2, -0.15) is 5.10 Å². The normalized spacial score (nSPS) is 11.7. The fourth-order valence-corrected chi connectivity index (χ4v) is 2.60. The fraction of sp³-hybridized carbons (Fsp3) is 0.211. The summed E-state index contributed by atoms with van der Waals surface area (Å²) < 4.78 is 0. The predicted octanol–water partition coefficient (Wildman–Crippen LogP) is 4.70. The van der Waals surface area contributed by atoms with Gasteiger partial charge in [-0.25, -0.2) is 0 Å². The number of hydrogen-bond acceptors (Lipinski definition) is 3. The molecule has 0 aliphatic heterocycles. The van der Waals surface area contributed by atoms with E-state index in [1.807, 2.05) is 49.8 Å². The smallest absolute Gasteiger partial charge is 0.0925 e. The minimum Gasteiger partial charge on any atom is -0.285 e. The third-order valence-electron chi connectivity index (χ3n) is 3.76. The molecule has 0 amide bonds. The van der Waals surface area contributed by atoms with E-state index in [4.69, 9.17) is 4.99 Å². The summed E-state index contributed by atoms with van der Waals surface area (Å²) in [5.74, 6) is 0. The van der Waals surface area contributed by atoms with Crippen LogP contribution in [-0.2, 0) is 0 Å². The SMILES string of the molecule is CCCC(=Nc1c(-c2cn[nH]c2)ccnc1C)c1ccccc1. The molecular weight excluding hydrogens is 284 g/mol. The second kappa shape index (κ2) is 7.01. The van der Waals surface area contributed by atoms with Gasteiger partial charge in [0, 0.05) is 29.2 Å². The van der Waals surface area contributed by atoms with E-state index < -0.39 is 0 Å². The maximum atomic E-state index is 4.99. The summed E-state index contributed by atoms with van der Waals surface area (Å²) in [4.78, 5) is 9.41. The molecule has 0 unspecified atom stereocenters. The molecule has 0 aliphatic rings. The molecule has 0 fully saturated rings. The monoisotopic (exact) mass is 304 g/mol. The number of aryl methyl sites for hydroxylation is 1. The van der Waals surface area contributed by atoms with E-state index in [-0.39, 0.29) is 0 Å². The Kier molecular flexibility index (Phi) is 4.62. The van der Waals surface area contributed by atoms with Crippen LogP contribution in [0.4, 0.5) is 5.69 Å². The largest absolute Gasteiger partial charge is 0.285 e. The number of rotatable bonds is 5. The van der Waals surface area contributed by atoms with E-state index in [1.165, 1.54) is 0 Å².